The minimum Gasteiger partial charge on any atom is -0.313 e. The van der Waals surface area contributed by atoms with E-state index in [1.54, 1.807) is 6.07 Å². The van der Waals surface area contributed by atoms with Crippen molar-refractivity contribution < 1.29 is 8.42 Å². The third-order valence-corrected chi connectivity index (χ3v) is 6.95. The molecule has 1 heterocycles. The maximum atomic E-state index is 11.8. The Balaban J connectivity index is 2.24. The SMILES string of the molecule is CC1(C)[C@H]2Cc3ccc(S(C)(=O)=O)cc3[C@]1(C)CCN2. The molecule has 0 aromatic heterocycles. The lowest BCUT2D eigenvalue weighted by Gasteiger charge is -2.57. The first kappa shape index (κ1) is 14.1. The van der Waals surface area contributed by atoms with E-state index < -0.39 is 9.84 Å². The van der Waals surface area contributed by atoms with Crippen molar-refractivity contribution in [2.75, 3.05) is 12.8 Å². The molecule has 1 aromatic rings. The van der Waals surface area contributed by atoms with Crippen molar-refractivity contribution in [1.82, 2.24) is 5.32 Å². The molecule has 110 valence electrons. The predicted molar refractivity (Wildman–Crippen MR) is 80.8 cm³/mol. The number of hydrogen-bond donors (Lipinski definition) is 1. The van der Waals surface area contributed by atoms with Gasteiger partial charge in [-0.2, -0.15) is 0 Å². The fraction of sp³-hybridized carbons (Fsp3) is 0.625. The minimum atomic E-state index is -3.14. The molecule has 0 amide bonds. The second-order valence-electron chi connectivity index (χ2n) is 7.11. The first-order chi connectivity index (χ1) is 9.16. The van der Waals surface area contributed by atoms with Gasteiger partial charge >= 0.3 is 0 Å². The maximum Gasteiger partial charge on any atom is 0.175 e. The van der Waals surface area contributed by atoms with Crippen molar-refractivity contribution in [3.8, 4) is 0 Å². The maximum absolute atomic E-state index is 11.8. The number of rotatable bonds is 1. The van der Waals surface area contributed by atoms with E-state index in [1.165, 1.54) is 17.4 Å². The Morgan fingerprint density at radius 2 is 1.95 bits per heavy atom. The molecular formula is C16H23NO2S. The molecule has 0 unspecified atom stereocenters. The Bertz CT molecular complexity index is 663. The highest BCUT2D eigenvalue weighted by atomic mass is 32.2. The van der Waals surface area contributed by atoms with Gasteiger partial charge in [0.1, 0.15) is 0 Å². The van der Waals surface area contributed by atoms with E-state index in [-0.39, 0.29) is 10.8 Å². The Morgan fingerprint density at radius 3 is 2.60 bits per heavy atom. The highest BCUT2D eigenvalue weighted by Gasteiger charge is 2.53. The molecule has 2 bridgehead atoms. The fourth-order valence-electron chi connectivity index (χ4n) is 3.97. The molecule has 1 aromatic carbocycles. The Morgan fingerprint density at radius 1 is 1.25 bits per heavy atom. The van der Waals surface area contributed by atoms with E-state index in [4.69, 9.17) is 0 Å². The summed E-state index contributed by atoms with van der Waals surface area (Å²) < 4.78 is 23.7. The molecule has 3 nitrogen and oxygen atoms in total. The van der Waals surface area contributed by atoms with Gasteiger partial charge in [0.2, 0.25) is 0 Å². The Hall–Kier alpha value is -0.870. The van der Waals surface area contributed by atoms with Crippen LogP contribution in [-0.2, 0) is 21.7 Å². The van der Waals surface area contributed by atoms with Gasteiger partial charge in [0, 0.05) is 17.7 Å². The third-order valence-electron chi connectivity index (χ3n) is 5.84. The molecular weight excluding hydrogens is 270 g/mol. The lowest BCUT2D eigenvalue weighted by atomic mass is 9.51. The molecule has 0 radical (unpaired) electrons. The summed E-state index contributed by atoms with van der Waals surface area (Å²) in [5.41, 5.74) is 2.71. The quantitative estimate of drug-likeness (QED) is 0.864. The second-order valence-corrected chi connectivity index (χ2v) is 9.12. The fourth-order valence-corrected chi connectivity index (χ4v) is 4.61. The van der Waals surface area contributed by atoms with Gasteiger partial charge in [-0.15, -0.1) is 0 Å². The number of sulfone groups is 1. The zero-order chi connectivity index (χ0) is 14.8. The van der Waals surface area contributed by atoms with Gasteiger partial charge in [0.15, 0.2) is 9.84 Å². The summed E-state index contributed by atoms with van der Waals surface area (Å²) >= 11 is 0. The van der Waals surface area contributed by atoms with Crippen LogP contribution >= 0.6 is 0 Å². The average Bonchev–Trinajstić information content (AvgIpc) is 2.32. The molecule has 0 saturated carbocycles. The van der Waals surface area contributed by atoms with E-state index in [9.17, 15) is 8.42 Å². The van der Waals surface area contributed by atoms with E-state index >= 15 is 0 Å². The van der Waals surface area contributed by atoms with Gasteiger partial charge in [-0.3, -0.25) is 0 Å². The first-order valence-corrected chi connectivity index (χ1v) is 9.12. The topological polar surface area (TPSA) is 46.2 Å². The largest absolute Gasteiger partial charge is 0.313 e. The summed E-state index contributed by atoms with van der Waals surface area (Å²) in [7, 11) is -3.14. The van der Waals surface area contributed by atoms with Crippen molar-refractivity contribution in [2.45, 2.75) is 50.0 Å². The molecule has 1 saturated heterocycles. The number of piperidine rings is 1. The molecule has 1 N–H and O–H groups in total. The Kier molecular flexibility index (Phi) is 2.87. The molecule has 20 heavy (non-hydrogen) atoms. The van der Waals surface area contributed by atoms with Crippen LogP contribution in [0, 0.1) is 5.41 Å². The molecule has 1 aliphatic carbocycles. The van der Waals surface area contributed by atoms with Gasteiger partial charge in [-0.25, -0.2) is 8.42 Å². The zero-order valence-electron chi connectivity index (χ0n) is 12.7. The Labute approximate surface area is 121 Å². The highest BCUT2D eigenvalue weighted by Crippen LogP contribution is 2.53. The van der Waals surface area contributed by atoms with Crippen LogP contribution in [0.4, 0.5) is 0 Å². The normalized spacial score (nSPS) is 31.7. The lowest BCUT2D eigenvalue weighted by molar-refractivity contribution is 0.0557. The van der Waals surface area contributed by atoms with Gasteiger partial charge in [-0.1, -0.05) is 26.8 Å². The predicted octanol–water partition coefficient (Wildman–Crippen LogP) is 2.29. The van der Waals surface area contributed by atoms with Crippen LogP contribution in [0.25, 0.3) is 0 Å². The molecule has 1 aliphatic heterocycles. The van der Waals surface area contributed by atoms with Crippen LogP contribution in [-0.4, -0.2) is 27.3 Å². The lowest BCUT2D eigenvalue weighted by Crippen LogP contribution is -2.62. The van der Waals surface area contributed by atoms with Crippen molar-refractivity contribution in [2.24, 2.45) is 5.41 Å². The van der Waals surface area contributed by atoms with Crippen molar-refractivity contribution in [3.63, 3.8) is 0 Å². The van der Waals surface area contributed by atoms with Crippen LogP contribution in [0.15, 0.2) is 23.1 Å². The second kappa shape index (κ2) is 4.08. The minimum absolute atomic E-state index is 0.0389. The van der Waals surface area contributed by atoms with Crippen molar-refractivity contribution in [1.29, 1.82) is 0 Å². The van der Waals surface area contributed by atoms with E-state index in [0.717, 1.165) is 19.4 Å². The van der Waals surface area contributed by atoms with Crippen LogP contribution in [0.3, 0.4) is 0 Å². The van der Waals surface area contributed by atoms with Crippen molar-refractivity contribution >= 4 is 9.84 Å². The summed E-state index contributed by atoms with van der Waals surface area (Å²) in [6.07, 6.45) is 3.33. The third kappa shape index (κ3) is 1.77. The summed E-state index contributed by atoms with van der Waals surface area (Å²) in [6.45, 7) is 7.91. The average molecular weight is 293 g/mol. The smallest absolute Gasteiger partial charge is 0.175 e. The van der Waals surface area contributed by atoms with Crippen LogP contribution < -0.4 is 5.32 Å². The van der Waals surface area contributed by atoms with Crippen LogP contribution in [0.1, 0.15) is 38.3 Å². The van der Waals surface area contributed by atoms with Crippen LogP contribution in [0.2, 0.25) is 0 Å². The number of hydrogen-bond acceptors (Lipinski definition) is 3. The molecule has 3 rings (SSSR count). The van der Waals surface area contributed by atoms with E-state index in [1.807, 2.05) is 12.1 Å². The number of benzene rings is 1. The van der Waals surface area contributed by atoms with E-state index in [0.29, 0.717) is 10.9 Å². The summed E-state index contributed by atoms with van der Waals surface area (Å²) in [4.78, 5) is 0.449. The highest BCUT2D eigenvalue weighted by molar-refractivity contribution is 7.90. The van der Waals surface area contributed by atoms with Gasteiger partial charge < -0.3 is 5.32 Å². The first-order valence-electron chi connectivity index (χ1n) is 7.23. The molecule has 1 fully saturated rings. The molecule has 4 heteroatoms. The van der Waals surface area contributed by atoms with Gasteiger partial charge in [0.05, 0.1) is 4.90 Å². The zero-order valence-corrected chi connectivity index (χ0v) is 13.5. The number of fused-ring (bicyclic) bond motifs is 4. The molecule has 2 atom stereocenters. The van der Waals surface area contributed by atoms with Crippen LogP contribution in [0.5, 0.6) is 0 Å². The van der Waals surface area contributed by atoms with E-state index in [2.05, 4.69) is 26.1 Å². The number of nitrogens with one attached hydrogen (secondary N) is 1. The summed E-state index contributed by atoms with van der Waals surface area (Å²) in [6, 6.07) is 6.16. The molecule has 2 aliphatic rings. The standard InChI is InChI=1S/C16H23NO2S/c1-15(2)14-9-11-5-6-12(20(4,18)19)10-13(11)16(15,3)7-8-17-14/h5-6,10,14,17H,7-9H2,1-4H3/t14-,16+/m1/s1. The monoisotopic (exact) mass is 293 g/mol. The summed E-state index contributed by atoms with van der Waals surface area (Å²) in [5.74, 6) is 0. The summed E-state index contributed by atoms with van der Waals surface area (Å²) in [5, 5.41) is 3.63. The van der Waals surface area contributed by atoms with Gasteiger partial charge in [-0.05, 0) is 48.1 Å². The van der Waals surface area contributed by atoms with Gasteiger partial charge in [0.25, 0.3) is 0 Å². The van der Waals surface area contributed by atoms with Crippen molar-refractivity contribution in [3.05, 3.63) is 29.3 Å². The molecule has 0 spiro atoms.